The highest BCUT2D eigenvalue weighted by Crippen LogP contribution is 2.62. The molecule has 1 spiro atoms. The molecule has 4 heterocycles. The maximum atomic E-state index is 5.01. The average molecular weight is 569 g/mol. The van der Waals surface area contributed by atoms with Crippen LogP contribution in [0.5, 0.6) is 0 Å². The summed E-state index contributed by atoms with van der Waals surface area (Å²) in [6, 6.07) is 44.5. The minimum atomic E-state index is -0.419. The van der Waals surface area contributed by atoms with Crippen molar-refractivity contribution in [1.82, 2.24) is 9.55 Å². The van der Waals surface area contributed by atoms with Crippen LogP contribution >= 0.6 is 11.8 Å². The van der Waals surface area contributed by atoms with Crippen molar-refractivity contribution in [3.8, 4) is 11.1 Å². The summed E-state index contributed by atoms with van der Waals surface area (Å²) >= 11 is 1.88. The number of aliphatic imine (C=N–C) groups is 1. The largest absolute Gasteiger partial charge is 0.331 e. The first-order chi connectivity index (χ1) is 21.3. The number of para-hydroxylation sites is 1. The topological polar surface area (TPSA) is 42.2 Å². The molecular weight excluding hydrogens is 545 g/mol. The molecule has 7 aromatic rings. The first kappa shape index (κ1) is 23.4. The van der Waals surface area contributed by atoms with Gasteiger partial charge >= 0.3 is 0 Å². The molecule has 5 heteroatoms. The van der Waals surface area contributed by atoms with Crippen molar-refractivity contribution < 1.29 is 0 Å². The number of rotatable bonds is 1. The highest BCUT2D eigenvalue weighted by molar-refractivity contribution is 7.99. The van der Waals surface area contributed by atoms with E-state index in [4.69, 9.17) is 4.99 Å². The molecule has 2 aromatic heterocycles. The van der Waals surface area contributed by atoms with Crippen molar-refractivity contribution in [2.24, 2.45) is 4.99 Å². The molecule has 0 radical (unpaired) electrons. The van der Waals surface area contributed by atoms with E-state index in [1.165, 1.54) is 53.9 Å². The fourth-order valence-electron chi connectivity index (χ4n) is 7.69. The van der Waals surface area contributed by atoms with E-state index < -0.39 is 5.41 Å². The minimum Gasteiger partial charge on any atom is -0.331 e. The zero-order valence-corrected chi connectivity index (χ0v) is 23.8. The molecule has 5 aromatic carbocycles. The number of hydrogen-bond acceptors (Lipinski definition) is 4. The van der Waals surface area contributed by atoms with Crippen LogP contribution in [-0.4, -0.2) is 15.8 Å². The first-order valence-electron chi connectivity index (χ1n) is 14.6. The summed E-state index contributed by atoms with van der Waals surface area (Å²) in [5.41, 5.74) is 10.9. The van der Waals surface area contributed by atoms with Gasteiger partial charge in [0.15, 0.2) is 0 Å². The number of pyridine rings is 1. The smallest absolute Gasteiger partial charge is 0.202 e. The third-order valence-electron chi connectivity index (χ3n) is 9.38. The fourth-order valence-corrected chi connectivity index (χ4v) is 8.88. The van der Waals surface area contributed by atoms with Gasteiger partial charge in [-0.3, -0.25) is 0 Å². The minimum absolute atomic E-state index is 0.316. The number of anilines is 1. The molecule has 202 valence electrons. The summed E-state index contributed by atoms with van der Waals surface area (Å²) in [6.07, 6.45) is 3.46. The number of fused-ring (bicyclic) bond motifs is 13. The Hall–Kier alpha value is -5.13. The quantitative estimate of drug-likeness (QED) is 0.215. The van der Waals surface area contributed by atoms with Gasteiger partial charge in [0.25, 0.3) is 0 Å². The van der Waals surface area contributed by atoms with Crippen LogP contribution in [-0.2, 0) is 5.41 Å². The lowest BCUT2D eigenvalue weighted by atomic mass is 9.67. The fraction of sp³-hybridized carbons (Fsp3) is 0.0526. The second-order valence-corrected chi connectivity index (χ2v) is 12.5. The molecule has 1 unspecified atom stereocenters. The van der Waals surface area contributed by atoms with Gasteiger partial charge in [-0.15, -0.1) is 0 Å². The van der Waals surface area contributed by atoms with Crippen molar-refractivity contribution >= 4 is 45.6 Å². The van der Waals surface area contributed by atoms with Crippen LogP contribution in [0.2, 0.25) is 0 Å². The predicted octanol–water partition coefficient (Wildman–Crippen LogP) is 9.02. The van der Waals surface area contributed by atoms with Crippen LogP contribution in [0.25, 0.3) is 32.9 Å². The summed E-state index contributed by atoms with van der Waals surface area (Å²) in [5, 5.41) is 6.08. The third kappa shape index (κ3) is 2.97. The van der Waals surface area contributed by atoms with Crippen LogP contribution in [0.4, 0.5) is 5.82 Å². The van der Waals surface area contributed by atoms with Crippen LogP contribution in [0, 0.1) is 0 Å². The SMILES string of the molecule is C1=NC(n2c3ccccc3c3cc4c(cc32)C2(c3ccccc3Sc3ccccc32)c2ccccc2-4)Nc2ncccc21. The second kappa shape index (κ2) is 8.46. The van der Waals surface area contributed by atoms with E-state index in [-0.39, 0.29) is 6.29 Å². The maximum Gasteiger partial charge on any atom is 0.202 e. The van der Waals surface area contributed by atoms with Gasteiger partial charge in [0.2, 0.25) is 6.29 Å². The highest BCUT2D eigenvalue weighted by atomic mass is 32.2. The number of hydrogen-bond donors (Lipinski definition) is 1. The molecule has 0 fully saturated rings. The van der Waals surface area contributed by atoms with Gasteiger partial charge in [0, 0.05) is 38.5 Å². The molecule has 10 rings (SSSR count). The molecule has 0 saturated heterocycles. The summed E-state index contributed by atoms with van der Waals surface area (Å²) in [5.74, 6) is 0.852. The van der Waals surface area contributed by atoms with E-state index in [0.717, 1.165) is 22.4 Å². The first-order valence-corrected chi connectivity index (χ1v) is 15.4. The molecule has 2 aliphatic heterocycles. The summed E-state index contributed by atoms with van der Waals surface area (Å²) in [6.45, 7) is 0. The molecule has 43 heavy (non-hydrogen) atoms. The summed E-state index contributed by atoms with van der Waals surface area (Å²) in [7, 11) is 0. The number of aromatic nitrogens is 2. The Balaban J connectivity index is 1.34. The Morgan fingerprint density at radius 2 is 1.35 bits per heavy atom. The van der Waals surface area contributed by atoms with Gasteiger partial charge in [0.1, 0.15) is 5.82 Å². The van der Waals surface area contributed by atoms with E-state index in [1.807, 2.05) is 36.3 Å². The number of nitrogens with one attached hydrogen (secondary N) is 1. The summed E-state index contributed by atoms with van der Waals surface area (Å²) in [4.78, 5) is 12.3. The van der Waals surface area contributed by atoms with E-state index >= 15 is 0 Å². The van der Waals surface area contributed by atoms with Crippen molar-refractivity contribution in [2.45, 2.75) is 21.5 Å². The average Bonchev–Trinajstić information content (AvgIpc) is 3.54. The molecule has 4 nitrogen and oxygen atoms in total. The molecule has 1 atom stereocenters. The Labute approximate surface area is 252 Å². The lowest BCUT2D eigenvalue weighted by Gasteiger charge is -2.39. The standard InChI is InChI=1S/C38H24N4S/c1-3-13-28-24(11-1)26-20-27-25-12-2-6-16-32(25)42(37-40-22-23-10-9-19-39-36(23)41-37)33(27)21-31(26)38(28)29-14-4-7-17-34(29)43-35-18-8-5-15-30(35)38/h1-22,37H,(H,39,41). The monoisotopic (exact) mass is 568 g/mol. The van der Waals surface area contributed by atoms with Gasteiger partial charge in [-0.25, -0.2) is 9.98 Å². The Kier molecular flexibility index (Phi) is 4.61. The van der Waals surface area contributed by atoms with Crippen LogP contribution in [0.15, 0.2) is 142 Å². The molecule has 0 saturated carbocycles. The van der Waals surface area contributed by atoms with Crippen molar-refractivity contribution in [2.75, 3.05) is 5.32 Å². The molecule has 0 bridgehead atoms. The van der Waals surface area contributed by atoms with Gasteiger partial charge < -0.3 is 9.88 Å². The third-order valence-corrected chi connectivity index (χ3v) is 10.5. The normalized spacial score (nSPS) is 16.8. The predicted molar refractivity (Wildman–Crippen MR) is 175 cm³/mol. The van der Waals surface area contributed by atoms with Gasteiger partial charge in [-0.05, 0) is 75.8 Å². The zero-order chi connectivity index (χ0) is 28.1. The number of nitrogens with zero attached hydrogens (tertiary/aromatic N) is 3. The highest BCUT2D eigenvalue weighted by Gasteiger charge is 2.50. The maximum absolute atomic E-state index is 5.01. The van der Waals surface area contributed by atoms with Crippen molar-refractivity contribution in [1.29, 1.82) is 0 Å². The van der Waals surface area contributed by atoms with Crippen molar-refractivity contribution in [3.05, 3.63) is 155 Å². The second-order valence-electron chi connectivity index (χ2n) is 11.4. The number of benzene rings is 5. The van der Waals surface area contributed by atoms with Crippen molar-refractivity contribution in [3.63, 3.8) is 0 Å². The van der Waals surface area contributed by atoms with E-state index in [0.29, 0.717) is 0 Å². The Morgan fingerprint density at radius 1 is 0.628 bits per heavy atom. The Morgan fingerprint density at radius 3 is 2.19 bits per heavy atom. The summed E-state index contributed by atoms with van der Waals surface area (Å²) < 4.78 is 2.35. The Bertz CT molecular complexity index is 2290. The van der Waals surface area contributed by atoms with Crippen LogP contribution < -0.4 is 5.32 Å². The van der Waals surface area contributed by atoms with Gasteiger partial charge in [-0.1, -0.05) is 90.6 Å². The molecular formula is C38H24N4S. The van der Waals surface area contributed by atoms with Crippen LogP contribution in [0.1, 0.15) is 34.1 Å². The molecule has 1 aliphatic carbocycles. The molecule has 0 amide bonds. The zero-order valence-electron chi connectivity index (χ0n) is 23.0. The van der Waals surface area contributed by atoms with E-state index in [1.54, 1.807) is 0 Å². The molecule has 1 N–H and O–H groups in total. The lowest BCUT2D eigenvalue weighted by molar-refractivity contribution is 0.623. The van der Waals surface area contributed by atoms with E-state index in [9.17, 15) is 0 Å². The van der Waals surface area contributed by atoms with Crippen LogP contribution in [0.3, 0.4) is 0 Å². The lowest BCUT2D eigenvalue weighted by Crippen LogP contribution is -2.32. The van der Waals surface area contributed by atoms with E-state index in [2.05, 4.69) is 124 Å². The van der Waals surface area contributed by atoms with Gasteiger partial charge in [-0.2, -0.15) is 0 Å². The van der Waals surface area contributed by atoms with Gasteiger partial charge in [0.05, 0.1) is 16.4 Å². The molecule has 3 aliphatic rings.